The predicted molar refractivity (Wildman–Crippen MR) is 84.2 cm³/mol. The number of fused-ring (bicyclic) bond motifs is 2. The molecule has 4 nitrogen and oxygen atoms in total. The largest absolute Gasteiger partial charge is 0.444 e. The molecule has 0 bridgehead atoms. The highest BCUT2D eigenvalue weighted by Crippen LogP contribution is 2.35. The van der Waals surface area contributed by atoms with Crippen LogP contribution in [0.5, 0.6) is 0 Å². The summed E-state index contributed by atoms with van der Waals surface area (Å²) in [4.78, 5) is 7.08. The first-order valence-corrected chi connectivity index (χ1v) is 7.56. The summed E-state index contributed by atoms with van der Waals surface area (Å²) in [6, 6.07) is 10.0. The molecule has 0 radical (unpaired) electrons. The molecule has 0 N–H and O–H groups in total. The minimum atomic E-state index is 0.321. The lowest BCUT2D eigenvalue weighted by atomic mass is 9.96. The quantitative estimate of drug-likeness (QED) is 0.677. The first-order valence-electron chi connectivity index (χ1n) is 6.77. The van der Waals surface area contributed by atoms with E-state index >= 15 is 0 Å². The van der Waals surface area contributed by atoms with Gasteiger partial charge in [0.1, 0.15) is 6.07 Å². The van der Waals surface area contributed by atoms with Gasteiger partial charge < -0.3 is 9.32 Å². The van der Waals surface area contributed by atoms with E-state index in [-0.39, 0.29) is 0 Å². The second-order valence-corrected chi connectivity index (χ2v) is 6.35. The maximum absolute atomic E-state index is 8.97. The fourth-order valence-corrected chi connectivity index (χ4v) is 3.53. The zero-order valence-electron chi connectivity index (χ0n) is 11.4. The van der Waals surface area contributed by atoms with Crippen molar-refractivity contribution in [3.8, 4) is 6.07 Å². The lowest BCUT2D eigenvalue weighted by Gasteiger charge is -2.35. The molecule has 0 amide bonds. The van der Waals surface area contributed by atoms with Gasteiger partial charge in [-0.2, -0.15) is 5.26 Å². The highest BCUT2D eigenvalue weighted by atomic mass is 79.9. The summed E-state index contributed by atoms with van der Waals surface area (Å²) in [6.07, 6.45) is 0. The lowest BCUT2D eigenvalue weighted by Crippen LogP contribution is -2.42. The van der Waals surface area contributed by atoms with Crippen LogP contribution in [0.15, 0.2) is 33.2 Å². The van der Waals surface area contributed by atoms with Crippen molar-refractivity contribution in [2.45, 2.75) is 5.92 Å². The van der Waals surface area contributed by atoms with Gasteiger partial charge in [0.05, 0.1) is 9.99 Å². The van der Waals surface area contributed by atoms with Crippen molar-refractivity contribution in [2.24, 2.45) is 0 Å². The maximum atomic E-state index is 8.97. The van der Waals surface area contributed by atoms with Crippen LogP contribution in [0.3, 0.4) is 0 Å². The number of halogens is 1. The number of benzene rings is 1. The smallest absolute Gasteiger partial charge is 0.204 e. The standard InChI is InChI=1S/C16H12BrN3O/c1-20-7-11(8-20)13-3-2-9-4-10-5-12(6-18)21-16(10)14(17)15(9)19-13/h2-5,11H,7-8H2,1H3. The van der Waals surface area contributed by atoms with Crippen molar-refractivity contribution < 1.29 is 4.42 Å². The third-order valence-corrected chi connectivity index (χ3v) is 4.76. The van der Waals surface area contributed by atoms with Gasteiger partial charge in [-0.15, -0.1) is 0 Å². The van der Waals surface area contributed by atoms with E-state index in [9.17, 15) is 0 Å². The van der Waals surface area contributed by atoms with Crippen LogP contribution in [0.4, 0.5) is 0 Å². The molecule has 1 saturated heterocycles. The molecule has 1 aliphatic heterocycles. The molecule has 0 unspecified atom stereocenters. The van der Waals surface area contributed by atoms with E-state index in [4.69, 9.17) is 14.7 Å². The Morgan fingerprint density at radius 1 is 1.33 bits per heavy atom. The molecule has 21 heavy (non-hydrogen) atoms. The Hall–Kier alpha value is -1.90. The highest BCUT2D eigenvalue weighted by molar-refractivity contribution is 9.10. The Kier molecular flexibility index (Phi) is 2.78. The van der Waals surface area contributed by atoms with Crippen LogP contribution in [0.1, 0.15) is 17.4 Å². The van der Waals surface area contributed by atoms with Gasteiger partial charge in [0.25, 0.3) is 0 Å². The fraction of sp³-hybridized carbons (Fsp3) is 0.250. The Bertz CT molecular complexity index is 903. The molecular formula is C16H12BrN3O. The summed E-state index contributed by atoms with van der Waals surface area (Å²) in [5, 5.41) is 10.9. The van der Waals surface area contributed by atoms with Gasteiger partial charge in [-0.3, -0.25) is 4.98 Å². The van der Waals surface area contributed by atoms with Crippen molar-refractivity contribution in [1.29, 1.82) is 5.26 Å². The number of furan rings is 1. The molecule has 0 saturated carbocycles. The molecule has 0 spiro atoms. The monoisotopic (exact) mass is 341 g/mol. The average molecular weight is 342 g/mol. The molecule has 0 atom stereocenters. The van der Waals surface area contributed by atoms with Gasteiger partial charge in [0.2, 0.25) is 5.76 Å². The van der Waals surface area contributed by atoms with Crippen LogP contribution in [-0.4, -0.2) is 30.0 Å². The van der Waals surface area contributed by atoms with Gasteiger partial charge in [0.15, 0.2) is 5.58 Å². The summed E-state index contributed by atoms with van der Waals surface area (Å²) in [5.41, 5.74) is 2.70. The Morgan fingerprint density at radius 2 is 2.14 bits per heavy atom. The van der Waals surface area contributed by atoms with Crippen LogP contribution >= 0.6 is 15.9 Å². The number of likely N-dealkylation sites (tertiary alicyclic amines) is 1. The van der Waals surface area contributed by atoms with E-state index in [1.54, 1.807) is 6.07 Å². The number of pyridine rings is 1. The average Bonchev–Trinajstić information content (AvgIpc) is 2.87. The lowest BCUT2D eigenvalue weighted by molar-refractivity contribution is 0.187. The predicted octanol–water partition coefficient (Wildman–Crippen LogP) is 3.64. The van der Waals surface area contributed by atoms with Crippen LogP contribution < -0.4 is 0 Å². The molecule has 104 valence electrons. The molecule has 3 aromatic rings. The molecule has 0 aliphatic carbocycles. The summed E-state index contributed by atoms with van der Waals surface area (Å²) in [6.45, 7) is 2.11. The van der Waals surface area contributed by atoms with Crippen molar-refractivity contribution >= 4 is 37.8 Å². The minimum absolute atomic E-state index is 0.321. The number of hydrogen-bond donors (Lipinski definition) is 0. The first kappa shape index (κ1) is 12.8. The van der Waals surface area contributed by atoms with Gasteiger partial charge >= 0.3 is 0 Å². The Labute approximate surface area is 130 Å². The maximum Gasteiger partial charge on any atom is 0.204 e. The zero-order valence-corrected chi connectivity index (χ0v) is 13.0. The summed E-state index contributed by atoms with van der Waals surface area (Å²) in [5.74, 6) is 0.829. The molecule has 1 aliphatic rings. The Morgan fingerprint density at radius 3 is 2.86 bits per heavy atom. The molecule has 4 rings (SSSR count). The third kappa shape index (κ3) is 1.95. The van der Waals surface area contributed by atoms with E-state index in [2.05, 4.69) is 40.0 Å². The van der Waals surface area contributed by atoms with Crippen LogP contribution in [0.25, 0.3) is 21.9 Å². The second-order valence-electron chi connectivity index (χ2n) is 5.56. The third-order valence-electron chi connectivity index (χ3n) is 4.02. The molecule has 1 fully saturated rings. The SMILES string of the molecule is CN1CC(c2ccc3cc4cc(C#N)oc4c(Br)c3n2)C1. The van der Waals surface area contributed by atoms with E-state index < -0.39 is 0 Å². The number of aromatic nitrogens is 1. The Balaban J connectivity index is 1.92. The van der Waals surface area contributed by atoms with Crippen molar-refractivity contribution in [3.05, 3.63) is 40.2 Å². The van der Waals surface area contributed by atoms with E-state index in [0.29, 0.717) is 17.3 Å². The zero-order chi connectivity index (χ0) is 14.6. The molecular weight excluding hydrogens is 330 g/mol. The van der Waals surface area contributed by atoms with Gasteiger partial charge in [-0.25, -0.2) is 0 Å². The van der Waals surface area contributed by atoms with Crippen LogP contribution in [0.2, 0.25) is 0 Å². The van der Waals surface area contributed by atoms with Gasteiger partial charge in [-0.05, 0) is 35.1 Å². The van der Waals surface area contributed by atoms with Crippen molar-refractivity contribution in [3.63, 3.8) is 0 Å². The normalized spacial score (nSPS) is 16.2. The first-order chi connectivity index (χ1) is 10.2. The van der Waals surface area contributed by atoms with Gasteiger partial charge in [0, 0.05) is 41.5 Å². The summed E-state index contributed by atoms with van der Waals surface area (Å²) in [7, 11) is 2.11. The summed E-state index contributed by atoms with van der Waals surface area (Å²) < 4.78 is 6.38. The number of rotatable bonds is 1. The molecule has 3 heterocycles. The molecule has 5 heteroatoms. The molecule has 2 aromatic heterocycles. The number of nitriles is 1. The van der Waals surface area contributed by atoms with Crippen molar-refractivity contribution in [1.82, 2.24) is 9.88 Å². The molecule has 1 aromatic carbocycles. The highest BCUT2D eigenvalue weighted by Gasteiger charge is 2.26. The van der Waals surface area contributed by atoms with E-state index in [1.165, 1.54) is 0 Å². The van der Waals surface area contributed by atoms with E-state index in [1.807, 2.05) is 12.1 Å². The van der Waals surface area contributed by atoms with Crippen LogP contribution in [-0.2, 0) is 0 Å². The van der Waals surface area contributed by atoms with Gasteiger partial charge in [-0.1, -0.05) is 6.07 Å². The second kappa shape index (κ2) is 4.55. The summed E-state index contributed by atoms with van der Waals surface area (Å²) >= 11 is 3.58. The number of hydrogen-bond acceptors (Lipinski definition) is 4. The van der Waals surface area contributed by atoms with E-state index in [0.717, 1.165) is 39.5 Å². The fourth-order valence-electron chi connectivity index (χ4n) is 2.90. The number of nitrogens with zero attached hydrogens (tertiary/aromatic N) is 3. The minimum Gasteiger partial charge on any atom is -0.444 e. The topological polar surface area (TPSA) is 53.1 Å². The van der Waals surface area contributed by atoms with Crippen LogP contribution in [0, 0.1) is 11.3 Å². The number of likely N-dealkylation sites (N-methyl/N-ethyl adjacent to an activating group) is 1. The van der Waals surface area contributed by atoms with Crippen molar-refractivity contribution in [2.75, 3.05) is 20.1 Å².